The van der Waals surface area contributed by atoms with E-state index in [1.54, 1.807) is 17.0 Å². The number of carbonyl (C=O) groups is 1. The molecule has 2 aliphatic heterocycles. The van der Waals surface area contributed by atoms with Crippen molar-refractivity contribution in [3.8, 4) is 0 Å². The minimum absolute atomic E-state index is 0.275. The van der Waals surface area contributed by atoms with Crippen LogP contribution in [0.5, 0.6) is 0 Å². The van der Waals surface area contributed by atoms with Crippen LogP contribution in [-0.2, 0) is 4.74 Å². The van der Waals surface area contributed by atoms with Crippen LogP contribution in [-0.4, -0.2) is 56.4 Å². The molecule has 2 aliphatic rings. The molecule has 1 fully saturated rings. The number of halogens is 1. The Morgan fingerprint density at radius 2 is 2.42 bits per heavy atom. The van der Waals surface area contributed by atoms with Gasteiger partial charge in [-0.15, -0.1) is 0 Å². The van der Waals surface area contributed by atoms with Gasteiger partial charge in [-0.25, -0.2) is 9.18 Å². The number of rotatable bonds is 6. The molecule has 26 heavy (non-hydrogen) atoms. The zero-order valence-corrected chi connectivity index (χ0v) is 14.1. The number of nitrogens with zero attached hydrogens (tertiary/aromatic N) is 5. The summed E-state index contributed by atoms with van der Waals surface area (Å²) >= 11 is 0. The summed E-state index contributed by atoms with van der Waals surface area (Å²) in [5.74, 6) is -0.437. The summed E-state index contributed by atoms with van der Waals surface area (Å²) in [5, 5.41) is 9.15. The van der Waals surface area contributed by atoms with E-state index in [-0.39, 0.29) is 6.54 Å². The average molecular weight is 361 g/mol. The van der Waals surface area contributed by atoms with Gasteiger partial charge in [0.15, 0.2) is 0 Å². The average Bonchev–Trinajstić information content (AvgIpc) is 3.02. The van der Waals surface area contributed by atoms with E-state index in [1.807, 2.05) is 0 Å². The number of hydrogen-bond acceptors (Lipinski definition) is 8. The van der Waals surface area contributed by atoms with E-state index in [1.165, 1.54) is 34.7 Å². The van der Waals surface area contributed by atoms with Crippen molar-refractivity contribution in [2.75, 3.05) is 36.0 Å². The van der Waals surface area contributed by atoms with Crippen molar-refractivity contribution in [2.45, 2.75) is 6.10 Å². The van der Waals surface area contributed by atoms with Crippen LogP contribution in [0, 0.1) is 5.82 Å². The molecule has 1 aromatic carbocycles. The molecule has 1 saturated heterocycles. The lowest BCUT2D eigenvalue weighted by Crippen LogP contribution is -2.35. The highest BCUT2D eigenvalue weighted by atomic mass is 19.1. The Morgan fingerprint density at radius 3 is 3.08 bits per heavy atom. The summed E-state index contributed by atoms with van der Waals surface area (Å²) in [6, 6.07) is 4.62. The quantitative estimate of drug-likeness (QED) is 0.576. The predicted molar refractivity (Wildman–Crippen MR) is 97.4 cm³/mol. The Labute approximate surface area is 150 Å². The topological polar surface area (TPSA) is 98.8 Å². The number of nitrogens with one attached hydrogen (secondary N) is 1. The largest absolute Gasteiger partial charge is 0.442 e. The number of benzene rings is 1. The van der Waals surface area contributed by atoms with Gasteiger partial charge in [0.05, 0.1) is 31.0 Å². The monoisotopic (exact) mass is 361 g/mol. The van der Waals surface area contributed by atoms with Crippen molar-refractivity contribution < 1.29 is 13.9 Å². The Bertz CT molecular complexity index is 739. The van der Waals surface area contributed by atoms with Gasteiger partial charge in [-0.05, 0) is 18.2 Å². The number of carbonyl (C=O) groups excluding carboxylic acids is 1. The molecule has 0 aliphatic carbocycles. The molecule has 0 saturated carbocycles. The minimum atomic E-state index is -0.536. The molecule has 1 aromatic rings. The minimum Gasteiger partial charge on any atom is -0.442 e. The second-order valence-electron chi connectivity index (χ2n) is 5.70. The third-order valence-electron chi connectivity index (χ3n) is 4.01. The maximum Gasteiger partial charge on any atom is 0.414 e. The summed E-state index contributed by atoms with van der Waals surface area (Å²) in [4.78, 5) is 15.2. The van der Waals surface area contributed by atoms with Gasteiger partial charge >= 0.3 is 6.09 Å². The summed E-state index contributed by atoms with van der Waals surface area (Å²) in [6.07, 6.45) is 3.40. The highest BCUT2D eigenvalue weighted by Gasteiger charge is 2.33. The first-order chi connectivity index (χ1) is 12.6. The molecule has 0 radical (unpaired) electrons. The standard InChI is InChI=1S/C16H20FN7O2/c1-19-23(6-4-18)9-13-10-24(16(25)26-13)12-2-3-15(14(17)8-12)22-7-5-20-21-11-22/h2-4,6,8,11,13,20H,1,5,7,9-10,18H2/b6-4-/t13-/m0/s1. The van der Waals surface area contributed by atoms with E-state index >= 15 is 0 Å². The Kier molecular flexibility index (Phi) is 5.20. The van der Waals surface area contributed by atoms with E-state index in [9.17, 15) is 9.18 Å². The Hall–Kier alpha value is -3.30. The van der Waals surface area contributed by atoms with Crippen molar-refractivity contribution in [1.29, 1.82) is 0 Å². The van der Waals surface area contributed by atoms with Gasteiger partial charge in [-0.3, -0.25) is 9.91 Å². The molecule has 138 valence electrons. The van der Waals surface area contributed by atoms with Crippen LogP contribution in [0.2, 0.25) is 0 Å². The van der Waals surface area contributed by atoms with Gasteiger partial charge in [0, 0.05) is 25.7 Å². The van der Waals surface area contributed by atoms with Crippen LogP contribution in [0.4, 0.5) is 20.6 Å². The fourth-order valence-corrected chi connectivity index (χ4v) is 2.78. The van der Waals surface area contributed by atoms with Crippen LogP contribution < -0.4 is 21.0 Å². The highest BCUT2D eigenvalue weighted by Crippen LogP contribution is 2.28. The first kappa shape index (κ1) is 17.5. The molecular weight excluding hydrogens is 341 g/mol. The maximum atomic E-state index is 14.5. The lowest BCUT2D eigenvalue weighted by atomic mass is 10.2. The molecule has 0 spiro atoms. The van der Waals surface area contributed by atoms with Crippen LogP contribution in [0.25, 0.3) is 0 Å². The molecule has 3 N–H and O–H groups in total. The van der Waals surface area contributed by atoms with E-state index in [4.69, 9.17) is 10.5 Å². The number of ether oxygens (including phenoxy) is 1. The number of hydrogen-bond donors (Lipinski definition) is 2. The molecule has 2 heterocycles. The second-order valence-corrected chi connectivity index (χ2v) is 5.70. The van der Waals surface area contributed by atoms with Gasteiger partial charge in [-0.2, -0.15) is 10.2 Å². The zero-order chi connectivity index (χ0) is 18.5. The second kappa shape index (κ2) is 7.72. The van der Waals surface area contributed by atoms with Crippen LogP contribution in [0.3, 0.4) is 0 Å². The molecule has 1 atom stereocenters. The fraction of sp³-hybridized carbons (Fsp3) is 0.312. The number of anilines is 2. The molecular formula is C16H20FN7O2. The molecule has 0 bridgehead atoms. The number of hydrazone groups is 2. The summed E-state index contributed by atoms with van der Waals surface area (Å²) in [5.41, 5.74) is 8.97. The van der Waals surface area contributed by atoms with Gasteiger partial charge in [0.25, 0.3) is 0 Å². The summed E-state index contributed by atoms with van der Waals surface area (Å²) in [7, 11) is 0. The third-order valence-corrected chi connectivity index (χ3v) is 4.01. The van der Waals surface area contributed by atoms with E-state index in [2.05, 4.69) is 22.3 Å². The smallest absolute Gasteiger partial charge is 0.414 e. The predicted octanol–water partition coefficient (Wildman–Crippen LogP) is 0.851. The Morgan fingerprint density at radius 1 is 1.58 bits per heavy atom. The van der Waals surface area contributed by atoms with E-state index in [0.29, 0.717) is 31.0 Å². The summed E-state index contributed by atoms with van der Waals surface area (Å²) < 4.78 is 19.8. The fourth-order valence-electron chi connectivity index (χ4n) is 2.78. The number of cyclic esters (lactones) is 1. The van der Waals surface area contributed by atoms with Crippen molar-refractivity contribution >= 4 is 30.5 Å². The van der Waals surface area contributed by atoms with Crippen LogP contribution in [0.15, 0.2) is 40.8 Å². The first-order valence-electron chi connectivity index (χ1n) is 8.04. The third kappa shape index (κ3) is 3.68. The molecule has 1 amide bonds. The molecule has 10 heteroatoms. The van der Waals surface area contributed by atoms with Crippen molar-refractivity contribution in [1.82, 2.24) is 10.4 Å². The van der Waals surface area contributed by atoms with Gasteiger partial charge < -0.3 is 20.8 Å². The number of amides is 1. The van der Waals surface area contributed by atoms with Crippen molar-refractivity contribution in [3.63, 3.8) is 0 Å². The van der Waals surface area contributed by atoms with E-state index in [0.717, 1.165) is 0 Å². The van der Waals surface area contributed by atoms with Crippen molar-refractivity contribution in [3.05, 3.63) is 36.4 Å². The molecule has 0 aromatic heterocycles. The molecule has 0 unspecified atom stereocenters. The lowest BCUT2D eigenvalue weighted by Gasteiger charge is -2.24. The van der Waals surface area contributed by atoms with Gasteiger partial charge in [0.1, 0.15) is 18.3 Å². The van der Waals surface area contributed by atoms with E-state index < -0.39 is 18.0 Å². The summed E-state index contributed by atoms with van der Waals surface area (Å²) in [6.45, 7) is 5.24. The van der Waals surface area contributed by atoms with Gasteiger partial charge in [0.2, 0.25) is 0 Å². The Balaban J connectivity index is 1.71. The zero-order valence-electron chi connectivity index (χ0n) is 14.1. The van der Waals surface area contributed by atoms with Crippen LogP contribution in [0.1, 0.15) is 0 Å². The molecule has 9 nitrogen and oxygen atoms in total. The SMILES string of the molecule is C=NN(/C=C\N)C[C@H]1CN(c2ccc(N3C=NNCC3)c(F)c2)C(=O)O1. The number of nitrogens with two attached hydrogens (primary N) is 1. The maximum absolute atomic E-state index is 14.5. The van der Waals surface area contributed by atoms with Crippen molar-refractivity contribution in [2.24, 2.45) is 15.9 Å². The normalized spacial score (nSPS) is 19.6. The lowest BCUT2D eigenvalue weighted by molar-refractivity contribution is 0.123. The van der Waals surface area contributed by atoms with Crippen LogP contribution >= 0.6 is 0 Å². The highest BCUT2D eigenvalue weighted by molar-refractivity contribution is 5.90. The molecule has 3 rings (SSSR count). The first-order valence-corrected chi connectivity index (χ1v) is 8.04. The van der Waals surface area contributed by atoms with Gasteiger partial charge in [-0.1, -0.05) is 0 Å².